The van der Waals surface area contributed by atoms with E-state index >= 15 is 0 Å². The van der Waals surface area contributed by atoms with E-state index in [4.69, 9.17) is 11.6 Å². The topological polar surface area (TPSA) is 85.6 Å². The zero-order valence-electron chi connectivity index (χ0n) is 16.9. The zero-order valence-corrected chi connectivity index (χ0v) is 19.3. The van der Waals surface area contributed by atoms with Crippen molar-refractivity contribution in [1.82, 2.24) is 24.7 Å². The number of allylic oxidation sites excluding steroid dienone is 1. The summed E-state index contributed by atoms with van der Waals surface area (Å²) in [6, 6.07) is 11.4. The Bertz CT molecular complexity index is 1210. The highest BCUT2D eigenvalue weighted by Crippen LogP contribution is 2.25. The van der Waals surface area contributed by atoms with E-state index < -0.39 is 0 Å². The molecule has 0 saturated heterocycles. The van der Waals surface area contributed by atoms with Crippen molar-refractivity contribution in [2.45, 2.75) is 18.1 Å². The summed E-state index contributed by atoms with van der Waals surface area (Å²) in [7, 11) is 0. The fourth-order valence-corrected chi connectivity index (χ4v) is 4.68. The van der Waals surface area contributed by atoms with Crippen molar-refractivity contribution in [2.24, 2.45) is 0 Å². The third-order valence-corrected chi connectivity index (χ3v) is 6.52. The van der Waals surface area contributed by atoms with Gasteiger partial charge in [-0.05, 0) is 29.8 Å². The molecule has 7 nitrogen and oxygen atoms in total. The van der Waals surface area contributed by atoms with Gasteiger partial charge in [0.2, 0.25) is 5.91 Å². The number of thioether (sulfide) groups is 1. The zero-order chi connectivity index (χ0) is 22.3. The lowest BCUT2D eigenvalue weighted by Gasteiger charge is -2.07. The average Bonchev–Trinajstić information content (AvgIpc) is 3.41. The van der Waals surface area contributed by atoms with Crippen molar-refractivity contribution in [3.63, 3.8) is 0 Å². The molecular formula is C22H19ClN6OS2. The number of carbonyl (C=O) groups excluding carboxylic acids is 1. The molecule has 162 valence electrons. The van der Waals surface area contributed by atoms with Crippen LogP contribution < -0.4 is 5.32 Å². The van der Waals surface area contributed by atoms with Gasteiger partial charge in [0.25, 0.3) is 0 Å². The maximum Gasteiger partial charge on any atom is 0.236 e. The highest BCUT2D eigenvalue weighted by atomic mass is 35.5. The van der Waals surface area contributed by atoms with E-state index in [-0.39, 0.29) is 11.7 Å². The van der Waals surface area contributed by atoms with Gasteiger partial charge >= 0.3 is 0 Å². The standard InChI is InChI=1S/C22H19ClN6OS2/c1-2-11-29-20(16-7-9-24-10-8-16)27-28-22(29)31-14-19(30)26-21-25-13-18(32-21)12-15-3-5-17(23)6-4-15/h2-10,13H,1,11-12,14H2,(H,25,26,30). The molecular weight excluding hydrogens is 464 g/mol. The number of rotatable bonds is 9. The number of nitrogens with one attached hydrogen (secondary N) is 1. The lowest BCUT2D eigenvalue weighted by molar-refractivity contribution is -0.113. The van der Waals surface area contributed by atoms with E-state index in [0.717, 1.165) is 22.4 Å². The Balaban J connectivity index is 1.36. The maximum absolute atomic E-state index is 12.5. The second-order valence-electron chi connectivity index (χ2n) is 6.71. The van der Waals surface area contributed by atoms with Crippen LogP contribution >= 0.6 is 34.7 Å². The Morgan fingerprint density at radius 2 is 1.97 bits per heavy atom. The molecule has 1 amide bonds. The molecule has 0 aliphatic carbocycles. The second-order valence-corrected chi connectivity index (χ2v) is 9.21. The highest BCUT2D eigenvalue weighted by molar-refractivity contribution is 7.99. The molecule has 32 heavy (non-hydrogen) atoms. The van der Waals surface area contributed by atoms with Gasteiger partial charge < -0.3 is 5.32 Å². The van der Waals surface area contributed by atoms with Crippen LogP contribution in [-0.4, -0.2) is 36.4 Å². The molecule has 3 heterocycles. The Hall–Kier alpha value is -3.01. The number of amides is 1. The van der Waals surface area contributed by atoms with Crippen molar-refractivity contribution in [1.29, 1.82) is 0 Å². The van der Waals surface area contributed by atoms with E-state index in [1.165, 1.54) is 23.1 Å². The van der Waals surface area contributed by atoms with Crippen molar-refractivity contribution in [2.75, 3.05) is 11.1 Å². The van der Waals surface area contributed by atoms with Gasteiger partial charge in [0.1, 0.15) is 0 Å². The molecule has 0 spiro atoms. The fourth-order valence-electron chi connectivity index (χ4n) is 2.94. The van der Waals surface area contributed by atoms with E-state index in [0.29, 0.717) is 27.7 Å². The van der Waals surface area contributed by atoms with Crippen LogP contribution in [0.5, 0.6) is 0 Å². The predicted octanol–water partition coefficient (Wildman–Crippen LogP) is 4.96. The molecule has 0 radical (unpaired) electrons. The number of benzene rings is 1. The number of halogens is 1. The molecule has 10 heteroatoms. The van der Waals surface area contributed by atoms with Gasteiger partial charge in [0.05, 0.1) is 5.75 Å². The van der Waals surface area contributed by atoms with Crippen molar-refractivity contribution in [3.8, 4) is 11.4 Å². The summed E-state index contributed by atoms with van der Waals surface area (Å²) in [4.78, 5) is 21.9. The third-order valence-electron chi connectivity index (χ3n) is 4.39. The molecule has 1 N–H and O–H groups in total. The van der Waals surface area contributed by atoms with E-state index in [1.54, 1.807) is 24.7 Å². The summed E-state index contributed by atoms with van der Waals surface area (Å²) in [5, 5.41) is 13.3. The van der Waals surface area contributed by atoms with Crippen molar-refractivity contribution >= 4 is 45.7 Å². The Kier molecular flexibility index (Phi) is 7.31. The number of anilines is 1. The molecule has 0 unspecified atom stereocenters. The Labute approximate surface area is 198 Å². The number of aromatic nitrogens is 5. The molecule has 4 aromatic rings. The van der Waals surface area contributed by atoms with Gasteiger partial charge in [-0.1, -0.05) is 41.6 Å². The first kappa shape index (κ1) is 22.2. The predicted molar refractivity (Wildman–Crippen MR) is 129 cm³/mol. The maximum atomic E-state index is 12.5. The molecule has 4 rings (SSSR count). The summed E-state index contributed by atoms with van der Waals surface area (Å²) in [6.07, 6.45) is 7.71. The third kappa shape index (κ3) is 5.61. The average molecular weight is 483 g/mol. The SMILES string of the molecule is C=CCn1c(SCC(=O)Nc2ncc(Cc3ccc(Cl)cc3)s2)nnc1-c1ccncc1. The van der Waals surface area contributed by atoms with Crippen LogP contribution in [0.2, 0.25) is 5.02 Å². The first-order chi connectivity index (χ1) is 15.6. The van der Waals surface area contributed by atoms with Crippen LogP contribution in [0, 0.1) is 0 Å². The van der Waals surface area contributed by atoms with Gasteiger partial charge in [0, 0.05) is 47.0 Å². The van der Waals surface area contributed by atoms with Gasteiger partial charge in [0.15, 0.2) is 16.1 Å². The molecule has 0 aliphatic heterocycles. The second kappa shape index (κ2) is 10.5. The van der Waals surface area contributed by atoms with Gasteiger partial charge in [-0.15, -0.1) is 28.1 Å². The lowest BCUT2D eigenvalue weighted by Crippen LogP contribution is -2.14. The van der Waals surface area contributed by atoms with Gasteiger partial charge in [-0.2, -0.15) is 0 Å². The number of thiazole rings is 1. The van der Waals surface area contributed by atoms with E-state index in [1.807, 2.05) is 41.0 Å². The summed E-state index contributed by atoms with van der Waals surface area (Å²) in [6.45, 7) is 4.35. The summed E-state index contributed by atoms with van der Waals surface area (Å²) >= 11 is 8.71. The summed E-state index contributed by atoms with van der Waals surface area (Å²) in [5.41, 5.74) is 2.04. The summed E-state index contributed by atoms with van der Waals surface area (Å²) < 4.78 is 1.92. The number of pyridine rings is 1. The minimum absolute atomic E-state index is 0.152. The molecule has 1 aromatic carbocycles. The number of nitrogens with zero attached hydrogens (tertiary/aromatic N) is 5. The first-order valence-electron chi connectivity index (χ1n) is 9.68. The molecule has 0 aliphatic rings. The van der Waals surface area contributed by atoms with E-state index in [2.05, 4.69) is 32.1 Å². The van der Waals surface area contributed by atoms with Crippen LogP contribution in [0.4, 0.5) is 5.13 Å². The van der Waals surface area contributed by atoms with E-state index in [9.17, 15) is 4.79 Å². The lowest BCUT2D eigenvalue weighted by atomic mass is 10.1. The highest BCUT2D eigenvalue weighted by Gasteiger charge is 2.15. The van der Waals surface area contributed by atoms with Crippen LogP contribution in [0.1, 0.15) is 10.4 Å². The van der Waals surface area contributed by atoms with Crippen LogP contribution in [0.15, 0.2) is 72.8 Å². The summed E-state index contributed by atoms with van der Waals surface area (Å²) in [5.74, 6) is 0.750. The van der Waals surface area contributed by atoms with Crippen molar-refractivity contribution in [3.05, 3.63) is 83.1 Å². The first-order valence-corrected chi connectivity index (χ1v) is 11.9. The quantitative estimate of drug-likeness (QED) is 0.268. The largest absolute Gasteiger partial charge is 0.301 e. The Morgan fingerprint density at radius 1 is 1.19 bits per heavy atom. The molecule has 3 aromatic heterocycles. The fraction of sp³-hybridized carbons (Fsp3) is 0.136. The van der Waals surface area contributed by atoms with Gasteiger partial charge in [-0.25, -0.2) is 4.98 Å². The normalized spacial score (nSPS) is 10.8. The van der Waals surface area contributed by atoms with Crippen LogP contribution in [0.25, 0.3) is 11.4 Å². The molecule has 0 fully saturated rings. The number of carbonyl (C=O) groups is 1. The molecule has 0 atom stereocenters. The number of hydrogen-bond acceptors (Lipinski definition) is 7. The smallest absolute Gasteiger partial charge is 0.236 e. The van der Waals surface area contributed by atoms with Crippen molar-refractivity contribution < 1.29 is 4.79 Å². The molecule has 0 bridgehead atoms. The van der Waals surface area contributed by atoms with Crippen LogP contribution in [-0.2, 0) is 17.8 Å². The minimum Gasteiger partial charge on any atom is -0.301 e. The van der Waals surface area contributed by atoms with Gasteiger partial charge in [-0.3, -0.25) is 14.3 Å². The molecule has 0 saturated carbocycles. The monoisotopic (exact) mass is 482 g/mol. The number of hydrogen-bond donors (Lipinski definition) is 1. The minimum atomic E-state index is -0.152. The van der Waals surface area contributed by atoms with Crippen LogP contribution in [0.3, 0.4) is 0 Å². The Morgan fingerprint density at radius 3 is 2.72 bits per heavy atom.